The van der Waals surface area contributed by atoms with Crippen molar-refractivity contribution in [2.45, 2.75) is 59.0 Å². The molecule has 3 rings (SSSR count). The minimum Gasteiger partial charge on any atom is -0.337 e. The molecule has 0 fully saturated rings. The average molecular weight is 434 g/mol. The van der Waals surface area contributed by atoms with Crippen molar-refractivity contribution in [3.05, 3.63) is 90.8 Å². The van der Waals surface area contributed by atoms with Gasteiger partial charge in [0.2, 0.25) is 0 Å². The maximum Gasteiger partial charge on any atom is 0.118 e. The normalized spacial score (nSPS) is 14.5. The quantitative estimate of drug-likeness (QED) is 0.298. The van der Waals surface area contributed by atoms with E-state index in [0.717, 1.165) is 31.4 Å². The highest BCUT2D eigenvalue weighted by Gasteiger charge is 2.45. The molecule has 0 amide bonds. The molecule has 0 N–H and O–H groups in total. The fraction of sp³-hybridized carbons (Fsp3) is 0.393. The number of hydrogen-bond acceptors (Lipinski definition) is 2. The zero-order chi connectivity index (χ0) is 22.1. The van der Waals surface area contributed by atoms with Crippen molar-refractivity contribution in [2.24, 2.45) is 11.8 Å². The van der Waals surface area contributed by atoms with Gasteiger partial charge in [0.05, 0.1) is 13.8 Å². The van der Waals surface area contributed by atoms with Crippen LogP contribution in [-0.2, 0) is 10.1 Å². The van der Waals surface area contributed by atoms with E-state index >= 15 is 0 Å². The third-order valence-electron chi connectivity index (χ3n) is 5.96. The van der Waals surface area contributed by atoms with Crippen molar-refractivity contribution >= 4 is 18.8 Å². The zero-order valence-corrected chi connectivity index (χ0v) is 20.3. The standard InChI is InChI=1S/C28H36NOP/c1-5-15-26(23(3)4)28(21-6-2,27-20-13-14-22-29-27)30-31(24-16-9-7-10-17-24)25-18-11-8-12-19-25/h7-14,16-20,22-23,26H,5-6,15,21H2,1-4H3/t26-,28-/m0/s1. The molecule has 0 aliphatic carbocycles. The molecular formula is C28H36NOP. The van der Waals surface area contributed by atoms with E-state index in [2.05, 4.69) is 100 Å². The number of benzene rings is 2. The molecule has 0 spiro atoms. The smallest absolute Gasteiger partial charge is 0.118 e. The van der Waals surface area contributed by atoms with Crippen LogP contribution in [0.15, 0.2) is 85.1 Å². The number of nitrogens with zero attached hydrogens (tertiary/aromatic N) is 1. The Morgan fingerprint density at radius 3 is 1.84 bits per heavy atom. The van der Waals surface area contributed by atoms with Gasteiger partial charge in [0, 0.05) is 16.8 Å². The summed E-state index contributed by atoms with van der Waals surface area (Å²) in [6.07, 6.45) is 6.20. The van der Waals surface area contributed by atoms with Crippen LogP contribution in [0.2, 0.25) is 0 Å². The summed E-state index contributed by atoms with van der Waals surface area (Å²) in [7, 11) is -0.982. The fourth-order valence-electron chi connectivity index (χ4n) is 4.61. The molecule has 3 heteroatoms. The first-order valence-corrected chi connectivity index (χ1v) is 12.9. The van der Waals surface area contributed by atoms with E-state index < -0.39 is 13.7 Å². The summed E-state index contributed by atoms with van der Waals surface area (Å²) in [5.41, 5.74) is 0.653. The monoisotopic (exact) mass is 433 g/mol. The molecule has 2 atom stereocenters. The molecule has 0 bridgehead atoms. The van der Waals surface area contributed by atoms with Crippen LogP contribution in [0.4, 0.5) is 0 Å². The van der Waals surface area contributed by atoms with Crippen molar-refractivity contribution in [3.8, 4) is 0 Å². The van der Waals surface area contributed by atoms with Crippen LogP contribution in [0.5, 0.6) is 0 Å². The molecular weight excluding hydrogens is 397 g/mol. The van der Waals surface area contributed by atoms with Crippen LogP contribution in [0, 0.1) is 11.8 Å². The molecule has 1 heterocycles. The Morgan fingerprint density at radius 2 is 1.39 bits per heavy atom. The summed E-state index contributed by atoms with van der Waals surface area (Å²) in [5, 5.41) is 2.50. The number of rotatable bonds is 11. The Bertz CT molecular complexity index is 845. The Balaban J connectivity index is 2.19. The van der Waals surface area contributed by atoms with Crippen molar-refractivity contribution in [2.75, 3.05) is 0 Å². The van der Waals surface area contributed by atoms with Crippen LogP contribution in [0.1, 0.15) is 59.1 Å². The first-order valence-electron chi connectivity index (χ1n) is 11.6. The lowest BCUT2D eigenvalue weighted by Gasteiger charge is -2.44. The molecule has 0 aliphatic rings. The van der Waals surface area contributed by atoms with Gasteiger partial charge >= 0.3 is 0 Å². The third-order valence-corrected chi connectivity index (χ3v) is 8.00. The molecule has 0 aliphatic heterocycles. The second kappa shape index (κ2) is 11.6. The number of hydrogen-bond donors (Lipinski definition) is 0. The number of pyridine rings is 1. The molecule has 0 radical (unpaired) electrons. The maximum atomic E-state index is 7.42. The molecule has 0 unspecified atom stereocenters. The largest absolute Gasteiger partial charge is 0.337 e. The summed E-state index contributed by atoms with van der Waals surface area (Å²) in [4.78, 5) is 4.88. The zero-order valence-electron chi connectivity index (χ0n) is 19.4. The van der Waals surface area contributed by atoms with Crippen LogP contribution in [-0.4, -0.2) is 4.98 Å². The predicted molar refractivity (Wildman–Crippen MR) is 134 cm³/mol. The Morgan fingerprint density at radius 1 is 0.806 bits per heavy atom. The van der Waals surface area contributed by atoms with Gasteiger partial charge in [0.1, 0.15) is 5.60 Å². The number of aromatic nitrogens is 1. The van der Waals surface area contributed by atoms with Gasteiger partial charge in [0.15, 0.2) is 0 Å². The summed E-state index contributed by atoms with van der Waals surface area (Å²) < 4.78 is 7.42. The predicted octanol–water partition coefficient (Wildman–Crippen LogP) is 7.21. The van der Waals surface area contributed by atoms with Crippen molar-refractivity contribution < 1.29 is 4.52 Å². The molecule has 1 aromatic heterocycles. The maximum absolute atomic E-state index is 7.42. The van der Waals surface area contributed by atoms with Gasteiger partial charge in [-0.2, -0.15) is 0 Å². The lowest BCUT2D eigenvalue weighted by molar-refractivity contribution is -0.0226. The first-order chi connectivity index (χ1) is 15.1. The van der Waals surface area contributed by atoms with Crippen molar-refractivity contribution in [3.63, 3.8) is 0 Å². The molecule has 2 nitrogen and oxygen atoms in total. The molecule has 3 aromatic rings. The SMILES string of the molecule is CCC[C@@H](C(C)C)[C@](CCC)(OP(c1ccccc1)c1ccccc1)c1ccccn1. The highest BCUT2D eigenvalue weighted by atomic mass is 31.1. The second-order valence-electron chi connectivity index (χ2n) is 8.55. The molecule has 2 aromatic carbocycles. The summed E-state index contributed by atoms with van der Waals surface area (Å²) in [6, 6.07) is 27.7. The van der Waals surface area contributed by atoms with E-state index in [1.54, 1.807) is 0 Å². The van der Waals surface area contributed by atoms with Gasteiger partial charge in [-0.05, 0) is 36.8 Å². The van der Waals surface area contributed by atoms with Crippen LogP contribution < -0.4 is 10.6 Å². The van der Waals surface area contributed by atoms with Gasteiger partial charge < -0.3 is 4.52 Å². The fourth-order valence-corrected chi connectivity index (χ4v) is 6.65. The van der Waals surface area contributed by atoms with E-state index in [1.165, 1.54) is 10.6 Å². The summed E-state index contributed by atoms with van der Waals surface area (Å²) >= 11 is 0. The lowest BCUT2D eigenvalue weighted by atomic mass is 9.72. The van der Waals surface area contributed by atoms with Gasteiger partial charge in [-0.1, -0.05) is 107 Å². The Hall–Kier alpha value is -2.02. The Labute approximate surface area is 189 Å². The van der Waals surface area contributed by atoms with Gasteiger partial charge in [0.25, 0.3) is 0 Å². The van der Waals surface area contributed by atoms with Crippen LogP contribution in [0.3, 0.4) is 0 Å². The van der Waals surface area contributed by atoms with E-state index in [1.807, 2.05) is 12.3 Å². The molecule has 0 saturated carbocycles. The lowest BCUT2D eigenvalue weighted by Crippen LogP contribution is -2.42. The van der Waals surface area contributed by atoms with E-state index in [9.17, 15) is 0 Å². The van der Waals surface area contributed by atoms with Crippen molar-refractivity contribution in [1.29, 1.82) is 0 Å². The molecule has 164 valence electrons. The summed E-state index contributed by atoms with van der Waals surface area (Å²) in [5.74, 6) is 0.890. The Kier molecular flexibility index (Phi) is 8.81. The summed E-state index contributed by atoms with van der Waals surface area (Å²) in [6.45, 7) is 9.22. The van der Waals surface area contributed by atoms with E-state index in [-0.39, 0.29) is 0 Å². The third kappa shape index (κ3) is 5.62. The molecule has 31 heavy (non-hydrogen) atoms. The van der Waals surface area contributed by atoms with Crippen molar-refractivity contribution in [1.82, 2.24) is 4.98 Å². The van der Waals surface area contributed by atoms with Gasteiger partial charge in [-0.25, -0.2) is 0 Å². The highest BCUT2D eigenvalue weighted by molar-refractivity contribution is 7.68. The first kappa shape index (κ1) is 23.6. The van der Waals surface area contributed by atoms with E-state index in [4.69, 9.17) is 9.51 Å². The van der Waals surface area contributed by atoms with E-state index in [0.29, 0.717) is 11.8 Å². The minimum absolute atomic E-state index is 0.393. The van der Waals surface area contributed by atoms with Crippen LogP contribution >= 0.6 is 8.15 Å². The molecule has 0 saturated heterocycles. The second-order valence-corrected chi connectivity index (χ2v) is 10.4. The van der Waals surface area contributed by atoms with Gasteiger partial charge in [-0.15, -0.1) is 0 Å². The highest BCUT2D eigenvalue weighted by Crippen LogP contribution is 2.52. The van der Waals surface area contributed by atoms with Gasteiger partial charge in [-0.3, -0.25) is 4.98 Å². The van der Waals surface area contributed by atoms with Crippen LogP contribution in [0.25, 0.3) is 0 Å². The average Bonchev–Trinajstić information content (AvgIpc) is 2.82. The minimum atomic E-state index is -0.982. The topological polar surface area (TPSA) is 22.1 Å².